The Labute approximate surface area is 134 Å². The number of hydrogen-bond donors (Lipinski definition) is 0. The SMILES string of the molecule is CCCOc1ccc(OCCOc2ccc(Br)cc2)cc1. The zero-order chi connectivity index (χ0) is 14.9. The predicted molar refractivity (Wildman–Crippen MR) is 87.4 cm³/mol. The highest BCUT2D eigenvalue weighted by atomic mass is 79.9. The van der Waals surface area contributed by atoms with Crippen LogP contribution in [0, 0.1) is 0 Å². The van der Waals surface area contributed by atoms with Crippen molar-refractivity contribution in [1.82, 2.24) is 0 Å². The molecule has 0 aromatic heterocycles. The van der Waals surface area contributed by atoms with Crippen LogP contribution in [0.5, 0.6) is 17.2 Å². The van der Waals surface area contributed by atoms with Crippen molar-refractivity contribution in [2.45, 2.75) is 13.3 Å². The van der Waals surface area contributed by atoms with Crippen molar-refractivity contribution in [3.05, 3.63) is 53.0 Å². The Morgan fingerprint density at radius 3 is 1.48 bits per heavy atom. The lowest BCUT2D eigenvalue weighted by Crippen LogP contribution is -2.08. The Morgan fingerprint density at radius 1 is 0.667 bits per heavy atom. The first-order chi connectivity index (χ1) is 10.3. The molecule has 0 aliphatic heterocycles. The molecule has 0 fully saturated rings. The summed E-state index contributed by atoms with van der Waals surface area (Å²) >= 11 is 3.39. The van der Waals surface area contributed by atoms with Gasteiger partial charge in [-0.25, -0.2) is 0 Å². The van der Waals surface area contributed by atoms with Crippen LogP contribution < -0.4 is 14.2 Å². The van der Waals surface area contributed by atoms with Crippen molar-refractivity contribution in [2.75, 3.05) is 19.8 Å². The molecule has 2 aromatic rings. The Kier molecular flexibility index (Phi) is 6.41. The molecule has 0 aliphatic rings. The molecular formula is C17H19BrO3. The molecule has 0 saturated carbocycles. The molecule has 0 saturated heterocycles. The summed E-state index contributed by atoms with van der Waals surface area (Å²) in [5.41, 5.74) is 0. The molecule has 21 heavy (non-hydrogen) atoms. The van der Waals surface area contributed by atoms with E-state index < -0.39 is 0 Å². The first-order valence-electron chi connectivity index (χ1n) is 7.02. The van der Waals surface area contributed by atoms with Crippen molar-refractivity contribution in [3.8, 4) is 17.2 Å². The lowest BCUT2D eigenvalue weighted by molar-refractivity contribution is 0.217. The van der Waals surface area contributed by atoms with E-state index in [0.717, 1.165) is 34.7 Å². The Morgan fingerprint density at radius 2 is 1.05 bits per heavy atom. The lowest BCUT2D eigenvalue weighted by Gasteiger charge is -2.09. The van der Waals surface area contributed by atoms with Crippen molar-refractivity contribution < 1.29 is 14.2 Å². The van der Waals surface area contributed by atoms with Crippen molar-refractivity contribution in [1.29, 1.82) is 0 Å². The first-order valence-corrected chi connectivity index (χ1v) is 7.81. The second-order valence-corrected chi connectivity index (χ2v) is 5.39. The summed E-state index contributed by atoms with van der Waals surface area (Å²) in [6.45, 7) is 3.84. The molecule has 0 aliphatic carbocycles. The third-order valence-electron chi connectivity index (χ3n) is 2.73. The summed E-state index contributed by atoms with van der Waals surface area (Å²) in [5.74, 6) is 2.53. The molecule has 0 radical (unpaired) electrons. The minimum Gasteiger partial charge on any atom is -0.494 e. The summed E-state index contributed by atoms with van der Waals surface area (Å²) in [4.78, 5) is 0. The normalized spacial score (nSPS) is 10.2. The molecule has 4 heteroatoms. The quantitative estimate of drug-likeness (QED) is 0.646. The second kappa shape index (κ2) is 8.57. The largest absolute Gasteiger partial charge is 0.494 e. The van der Waals surface area contributed by atoms with Crippen LogP contribution in [0.25, 0.3) is 0 Å². The number of rotatable bonds is 8. The Bertz CT molecular complexity index is 523. The van der Waals surface area contributed by atoms with Gasteiger partial charge in [0, 0.05) is 4.47 Å². The second-order valence-electron chi connectivity index (χ2n) is 4.47. The zero-order valence-electron chi connectivity index (χ0n) is 12.0. The fourth-order valence-electron chi connectivity index (χ4n) is 1.70. The maximum Gasteiger partial charge on any atom is 0.122 e. The molecular weight excluding hydrogens is 332 g/mol. The maximum absolute atomic E-state index is 5.62. The lowest BCUT2D eigenvalue weighted by atomic mass is 10.3. The first kappa shape index (κ1) is 15.7. The van der Waals surface area contributed by atoms with Gasteiger partial charge in [0.2, 0.25) is 0 Å². The molecule has 112 valence electrons. The standard InChI is InChI=1S/C17H19BrO3/c1-2-11-19-16-7-9-17(10-8-16)21-13-12-20-15-5-3-14(18)4-6-15/h3-10H,2,11-13H2,1H3. The van der Waals surface area contributed by atoms with E-state index in [4.69, 9.17) is 14.2 Å². The monoisotopic (exact) mass is 350 g/mol. The van der Waals surface area contributed by atoms with Gasteiger partial charge in [-0.1, -0.05) is 22.9 Å². The summed E-state index contributed by atoms with van der Waals surface area (Å²) in [6, 6.07) is 15.4. The number of halogens is 1. The van der Waals surface area contributed by atoms with Gasteiger partial charge in [-0.05, 0) is 55.0 Å². The smallest absolute Gasteiger partial charge is 0.122 e. The number of hydrogen-bond acceptors (Lipinski definition) is 3. The van der Waals surface area contributed by atoms with Gasteiger partial charge in [0.1, 0.15) is 30.5 Å². The van der Waals surface area contributed by atoms with E-state index in [1.165, 1.54) is 0 Å². The van der Waals surface area contributed by atoms with Crippen LogP contribution in [0.2, 0.25) is 0 Å². The van der Waals surface area contributed by atoms with E-state index in [1.54, 1.807) is 0 Å². The molecule has 0 spiro atoms. The molecule has 0 amide bonds. The highest BCUT2D eigenvalue weighted by Crippen LogP contribution is 2.18. The van der Waals surface area contributed by atoms with E-state index in [-0.39, 0.29) is 0 Å². The van der Waals surface area contributed by atoms with Gasteiger partial charge >= 0.3 is 0 Å². The molecule has 2 aromatic carbocycles. The summed E-state index contributed by atoms with van der Waals surface area (Å²) in [5, 5.41) is 0. The van der Waals surface area contributed by atoms with Gasteiger partial charge < -0.3 is 14.2 Å². The van der Waals surface area contributed by atoms with E-state index in [9.17, 15) is 0 Å². The van der Waals surface area contributed by atoms with Crippen LogP contribution in [0.4, 0.5) is 0 Å². The third-order valence-corrected chi connectivity index (χ3v) is 3.26. The van der Waals surface area contributed by atoms with Crippen LogP contribution in [0.15, 0.2) is 53.0 Å². The molecule has 0 atom stereocenters. The van der Waals surface area contributed by atoms with Gasteiger partial charge in [-0.2, -0.15) is 0 Å². The number of benzene rings is 2. The molecule has 0 N–H and O–H groups in total. The molecule has 3 nitrogen and oxygen atoms in total. The van der Waals surface area contributed by atoms with E-state index in [1.807, 2.05) is 48.5 Å². The summed E-state index contributed by atoms with van der Waals surface area (Å²) < 4.78 is 17.8. The molecule has 0 unspecified atom stereocenters. The Hall–Kier alpha value is -1.68. The van der Waals surface area contributed by atoms with Gasteiger partial charge in [-0.15, -0.1) is 0 Å². The topological polar surface area (TPSA) is 27.7 Å². The minimum atomic E-state index is 0.505. The van der Waals surface area contributed by atoms with E-state index >= 15 is 0 Å². The minimum absolute atomic E-state index is 0.505. The highest BCUT2D eigenvalue weighted by Gasteiger charge is 1.97. The predicted octanol–water partition coefficient (Wildman–Crippen LogP) is 4.70. The van der Waals surface area contributed by atoms with Gasteiger partial charge in [0.05, 0.1) is 6.61 Å². The van der Waals surface area contributed by atoms with Crippen LogP contribution in [0.3, 0.4) is 0 Å². The van der Waals surface area contributed by atoms with Gasteiger partial charge in [-0.3, -0.25) is 0 Å². The van der Waals surface area contributed by atoms with Gasteiger partial charge in [0.25, 0.3) is 0 Å². The average molecular weight is 351 g/mol. The van der Waals surface area contributed by atoms with Crippen LogP contribution in [0.1, 0.15) is 13.3 Å². The van der Waals surface area contributed by atoms with Crippen molar-refractivity contribution in [3.63, 3.8) is 0 Å². The van der Waals surface area contributed by atoms with Crippen LogP contribution >= 0.6 is 15.9 Å². The molecule has 2 rings (SSSR count). The summed E-state index contributed by atoms with van der Waals surface area (Å²) in [6.07, 6.45) is 1.01. The van der Waals surface area contributed by atoms with Crippen molar-refractivity contribution in [2.24, 2.45) is 0 Å². The zero-order valence-corrected chi connectivity index (χ0v) is 13.6. The van der Waals surface area contributed by atoms with Crippen molar-refractivity contribution >= 4 is 15.9 Å². The van der Waals surface area contributed by atoms with Crippen LogP contribution in [-0.2, 0) is 0 Å². The molecule has 0 heterocycles. The third kappa shape index (κ3) is 5.68. The average Bonchev–Trinajstić information content (AvgIpc) is 2.52. The fraction of sp³-hybridized carbons (Fsp3) is 0.294. The van der Waals surface area contributed by atoms with Gasteiger partial charge in [0.15, 0.2) is 0 Å². The Balaban J connectivity index is 1.69. The maximum atomic E-state index is 5.62. The number of ether oxygens (including phenoxy) is 3. The van der Waals surface area contributed by atoms with E-state index in [2.05, 4.69) is 22.9 Å². The molecule has 0 bridgehead atoms. The highest BCUT2D eigenvalue weighted by molar-refractivity contribution is 9.10. The summed E-state index contributed by atoms with van der Waals surface area (Å²) in [7, 11) is 0. The fourth-order valence-corrected chi connectivity index (χ4v) is 1.97. The van der Waals surface area contributed by atoms with E-state index in [0.29, 0.717) is 13.2 Å². The van der Waals surface area contributed by atoms with Crippen LogP contribution in [-0.4, -0.2) is 19.8 Å².